The van der Waals surface area contributed by atoms with Gasteiger partial charge in [0.25, 0.3) is 5.91 Å². The summed E-state index contributed by atoms with van der Waals surface area (Å²) in [5.74, 6) is -0.0693. The summed E-state index contributed by atoms with van der Waals surface area (Å²) in [5, 5.41) is 5.32. The number of aromatic nitrogens is 1. The minimum Gasteiger partial charge on any atom is -0.346 e. The summed E-state index contributed by atoms with van der Waals surface area (Å²) in [5.41, 5.74) is 5.86. The fourth-order valence-electron chi connectivity index (χ4n) is 2.34. The molecule has 2 amide bonds. The molecule has 102 valence electrons. The van der Waals surface area contributed by atoms with Crippen molar-refractivity contribution in [3.8, 4) is 0 Å². The molecule has 2 fully saturated rings. The molecular weight excluding hydrogens is 264 g/mol. The standard InChI is InChI=1S/C12H16N4O2S/c13-4-10-15-9(6-19-10)12(18)14-7-3-11(17)16(5-7)8-1-2-8/h6-8H,1-5,13H2,(H,14,18). The summed E-state index contributed by atoms with van der Waals surface area (Å²) >= 11 is 1.38. The second-order valence-electron chi connectivity index (χ2n) is 4.98. The topological polar surface area (TPSA) is 88.3 Å². The minimum atomic E-state index is -0.216. The van der Waals surface area contributed by atoms with Gasteiger partial charge in [-0.1, -0.05) is 0 Å². The number of hydrogen-bond donors (Lipinski definition) is 2. The molecule has 3 N–H and O–H groups in total. The summed E-state index contributed by atoms with van der Waals surface area (Å²) in [6.45, 7) is 0.971. The van der Waals surface area contributed by atoms with Crippen molar-refractivity contribution < 1.29 is 9.59 Å². The number of rotatable bonds is 4. The largest absolute Gasteiger partial charge is 0.346 e. The first kappa shape index (κ1) is 12.6. The van der Waals surface area contributed by atoms with Crippen molar-refractivity contribution in [3.63, 3.8) is 0 Å². The predicted molar refractivity (Wildman–Crippen MR) is 70.6 cm³/mol. The van der Waals surface area contributed by atoms with Gasteiger partial charge >= 0.3 is 0 Å². The van der Waals surface area contributed by atoms with Crippen LogP contribution in [0, 0.1) is 0 Å². The Morgan fingerprint density at radius 1 is 1.58 bits per heavy atom. The number of nitrogens with zero attached hydrogens (tertiary/aromatic N) is 2. The van der Waals surface area contributed by atoms with E-state index in [2.05, 4.69) is 10.3 Å². The van der Waals surface area contributed by atoms with Crippen LogP contribution in [0.4, 0.5) is 0 Å². The van der Waals surface area contributed by atoms with E-state index < -0.39 is 0 Å². The van der Waals surface area contributed by atoms with Gasteiger partial charge in [-0.2, -0.15) is 0 Å². The third-order valence-electron chi connectivity index (χ3n) is 3.44. The lowest BCUT2D eigenvalue weighted by Gasteiger charge is -2.15. The van der Waals surface area contributed by atoms with Crippen LogP contribution in [0.5, 0.6) is 0 Å². The predicted octanol–water partition coefficient (Wildman–Crippen LogP) is 0.0949. The Morgan fingerprint density at radius 3 is 3.00 bits per heavy atom. The number of likely N-dealkylation sites (tertiary alicyclic amines) is 1. The first-order valence-corrected chi connectivity index (χ1v) is 7.30. The second-order valence-corrected chi connectivity index (χ2v) is 5.93. The van der Waals surface area contributed by atoms with E-state index in [0.717, 1.165) is 17.8 Å². The molecule has 0 radical (unpaired) electrons. The fraction of sp³-hybridized carbons (Fsp3) is 0.583. The monoisotopic (exact) mass is 280 g/mol. The molecule has 1 aliphatic carbocycles. The number of carbonyl (C=O) groups is 2. The van der Waals surface area contributed by atoms with E-state index in [4.69, 9.17) is 5.73 Å². The Balaban J connectivity index is 1.59. The summed E-state index contributed by atoms with van der Waals surface area (Å²) in [6, 6.07) is 0.321. The molecule has 1 unspecified atom stereocenters. The van der Waals surface area contributed by atoms with E-state index in [1.807, 2.05) is 4.90 Å². The molecule has 1 aliphatic heterocycles. The van der Waals surface area contributed by atoms with Gasteiger partial charge in [-0.25, -0.2) is 4.98 Å². The van der Waals surface area contributed by atoms with E-state index in [0.29, 0.717) is 31.2 Å². The molecule has 2 heterocycles. The molecule has 6 nitrogen and oxygen atoms in total. The van der Waals surface area contributed by atoms with Gasteiger partial charge in [0.05, 0.1) is 6.04 Å². The van der Waals surface area contributed by atoms with E-state index >= 15 is 0 Å². The van der Waals surface area contributed by atoms with E-state index in [-0.39, 0.29) is 17.9 Å². The number of amides is 2. The number of hydrogen-bond acceptors (Lipinski definition) is 5. The lowest BCUT2D eigenvalue weighted by Crippen LogP contribution is -2.37. The highest BCUT2D eigenvalue weighted by Gasteiger charge is 2.39. The minimum absolute atomic E-state index is 0.0939. The lowest BCUT2D eigenvalue weighted by atomic mass is 10.2. The third kappa shape index (κ3) is 2.62. The van der Waals surface area contributed by atoms with Gasteiger partial charge in [0.1, 0.15) is 10.7 Å². The van der Waals surface area contributed by atoms with Crippen LogP contribution in [0.1, 0.15) is 34.8 Å². The maximum absolute atomic E-state index is 12.0. The smallest absolute Gasteiger partial charge is 0.271 e. The Labute approximate surface area is 115 Å². The Bertz CT molecular complexity index is 512. The molecule has 0 spiro atoms. The summed E-state index contributed by atoms with van der Waals surface area (Å²) in [4.78, 5) is 29.8. The van der Waals surface area contributed by atoms with Crippen molar-refractivity contribution in [1.29, 1.82) is 0 Å². The number of carbonyl (C=O) groups excluding carboxylic acids is 2. The molecule has 1 atom stereocenters. The highest BCUT2D eigenvalue weighted by molar-refractivity contribution is 7.09. The van der Waals surface area contributed by atoms with Crippen LogP contribution >= 0.6 is 11.3 Å². The van der Waals surface area contributed by atoms with Gasteiger partial charge in [-0.3, -0.25) is 9.59 Å². The van der Waals surface area contributed by atoms with Gasteiger partial charge in [-0.15, -0.1) is 11.3 Å². The molecule has 7 heteroatoms. The quantitative estimate of drug-likeness (QED) is 0.818. The lowest BCUT2D eigenvalue weighted by molar-refractivity contribution is -0.128. The summed E-state index contributed by atoms with van der Waals surface area (Å²) in [6.07, 6.45) is 2.59. The molecule has 0 aromatic carbocycles. The second kappa shape index (κ2) is 4.90. The Hall–Kier alpha value is -1.47. The summed E-state index contributed by atoms with van der Waals surface area (Å²) in [7, 11) is 0. The van der Waals surface area contributed by atoms with E-state index in [9.17, 15) is 9.59 Å². The molecular formula is C12H16N4O2S. The van der Waals surface area contributed by atoms with Gasteiger partial charge in [0, 0.05) is 30.9 Å². The average Bonchev–Trinajstić information content (AvgIpc) is 2.99. The normalized spacial score (nSPS) is 22.9. The number of nitrogens with two attached hydrogens (primary N) is 1. The molecule has 2 aliphatic rings. The third-order valence-corrected chi connectivity index (χ3v) is 4.31. The molecule has 19 heavy (non-hydrogen) atoms. The van der Waals surface area contributed by atoms with Crippen molar-refractivity contribution in [2.45, 2.75) is 37.9 Å². The van der Waals surface area contributed by atoms with Crippen LogP contribution in [0.3, 0.4) is 0 Å². The van der Waals surface area contributed by atoms with Crippen molar-refractivity contribution >= 4 is 23.2 Å². The van der Waals surface area contributed by atoms with Crippen LogP contribution < -0.4 is 11.1 Å². The molecule has 1 aromatic rings. The number of thiazole rings is 1. The molecule has 3 rings (SSSR count). The van der Waals surface area contributed by atoms with Crippen LogP contribution in [0.2, 0.25) is 0 Å². The van der Waals surface area contributed by atoms with Crippen LogP contribution in [0.25, 0.3) is 0 Å². The van der Waals surface area contributed by atoms with Gasteiger partial charge in [-0.05, 0) is 12.8 Å². The maximum Gasteiger partial charge on any atom is 0.271 e. The molecule has 1 saturated carbocycles. The highest BCUT2D eigenvalue weighted by atomic mass is 32.1. The highest BCUT2D eigenvalue weighted by Crippen LogP contribution is 2.30. The van der Waals surface area contributed by atoms with Crippen molar-refractivity contribution in [3.05, 3.63) is 16.1 Å². The average molecular weight is 280 g/mol. The van der Waals surface area contributed by atoms with Gasteiger partial charge < -0.3 is 16.0 Å². The van der Waals surface area contributed by atoms with Gasteiger partial charge in [0.15, 0.2) is 0 Å². The zero-order chi connectivity index (χ0) is 13.4. The van der Waals surface area contributed by atoms with Crippen LogP contribution in [-0.2, 0) is 11.3 Å². The maximum atomic E-state index is 12.0. The Morgan fingerprint density at radius 2 is 2.37 bits per heavy atom. The van der Waals surface area contributed by atoms with Crippen molar-refractivity contribution in [1.82, 2.24) is 15.2 Å². The number of nitrogens with one attached hydrogen (secondary N) is 1. The van der Waals surface area contributed by atoms with E-state index in [1.54, 1.807) is 5.38 Å². The van der Waals surface area contributed by atoms with Crippen molar-refractivity contribution in [2.75, 3.05) is 6.54 Å². The molecule has 1 aromatic heterocycles. The zero-order valence-corrected chi connectivity index (χ0v) is 11.3. The molecule has 0 bridgehead atoms. The summed E-state index contributed by atoms with van der Waals surface area (Å²) < 4.78 is 0. The Kier molecular flexibility index (Phi) is 3.24. The van der Waals surface area contributed by atoms with Gasteiger partial charge in [0.2, 0.25) is 5.91 Å². The van der Waals surface area contributed by atoms with Crippen LogP contribution in [-0.4, -0.2) is 40.3 Å². The SMILES string of the molecule is NCc1nc(C(=O)NC2CC(=O)N(C3CC3)C2)cs1. The van der Waals surface area contributed by atoms with Crippen LogP contribution in [0.15, 0.2) is 5.38 Å². The fourth-order valence-corrected chi connectivity index (χ4v) is 2.99. The first-order valence-electron chi connectivity index (χ1n) is 6.42. The van der Waals surface area contributed by atoms with E-state index in [1.165, 1.54) is 11.3 Å². The zero-order valence-electron chi connectivity index (χ0n) is 10.5. The van der Waals surface area contributed by atoms with Crippen molar-refractivity contribution in [2.24, 2.45) is 5.73 Å². The molecule has 1 saturated heterocycles. The first-order chi connectivity index (χ1) is 9.17.